The van der Waals surface area contributed by atoms with Gasteiger partial charge >= 0.3 is 0 Å². The van der Waals surface area contributed by atoms with Gasteiger partial charge in [0.25, 0.3) is 0 Å². The van der Waals surface area contributed by atoms with E-state index < -0.39 is 0 Å². The molecule has 6 rings (SSSR count). The van der Waals surface area contributed by atoms with Gasteiger partial charge in [-0.2, -0.15) is 10.4 Å². The fraction of sp³-hybridized carbons (Fsp3) is 0.185. The second-order valence-corrected chi connectivity index (χ2v) is 8.71. The summed E-state index contributed by atoms with van der Waals surface area (Å²) in [6.45, 7) is 4.29. The largest absolute Gasteiger partial charge is 0.369 e. The first-order valence-corrected chi connectivity index (χ1v) is 11.4. The molecule has 34 heavy (non-hydrogen) atoms. The monoisotopic (exact) mass is 445 g/mol. The highest BCUT2D eigenvalue weighted by Gasteiger charge is 2.15. The standard InChI is InChI=1S/C27H23N7/c1-32-10-12-33(13-11-32)22-5-3-20(4-6-22)21-16-30-27-25(17-31-34(27)18-21)23-8-9-29-26-7-2-19(15-28)14-24(23)26/h2-9,14,16-18H,10-13H2,1H3. The van der Waals surface area contributed by atoms with E-state index in [-0.39, 0.29) is 0 Å². The summed E-state index contributed by atoms with van der Waals surface area (Å²) in [5.74, 6) is 0. The maximum atomic E-state index is 9.33. The average Bonchev–Trinajstić information content (AvgIpc) is 3.31. The molecule has 0 radical (unpaired) electrons. The van der Waals surface area contributed by atoms with Crippen molar-refractivity contribution in [3.8, 4) is 28.3 Å². The van der Waals surface area contributed by atoms with Crippen molar-refractivity contribution in [2.45, 2.75) is 0 Å². The minimum absolute atomic E-state index is 0.605. The number of piperazine rings is 1. The molecule has 0 bridgehead atoms. The van der Waals surface area contributed by atoms with Gasteiger partial charge in [0, 0.05) is 67.0 Å². The highest BCUT2D eigenvalue weighted by atomic mass is 15.2. The van der Waals surface area contributed by atoms with Crippen molar-refractivity contribution in [2.24, 2.45) is 0 Å². The lowest BCUT2D eigenvalue weighted by Crippen LogP contribution is -2.44. The molecule has 1 saturated heterocycles. The SMILES string of the molecule is CN1CCN(c2ccc(-c3cnc4c(-c5ccnc6ccc(C#N)cc56)cnn4c3)cc2)CC1. The average molecular weight is 446 g/mol. The fourth-order valence-electron chi connectivity index (χ4n) is 4.59. The van der Waals surface area contributed by atoms with Crippen molar-refractivity contribution in [3.05, 3.63) is 78.9 Å². The summed E-state index contributed by atoms with van der Waals surface area (Å²) in [4.78, 5) is 14.0. The molecule has 5 aromatic rings. The second-order valence-electron chi connectivity index (χ2n) is 8.71. The Kier molecular flexibility index (Phi) is 4.93. The van der Waals surface area contributed by atoms with Gasteiger partial charge in [-0.15, -0.1) is 0 Å². The second kappa shape index (κ2) is 8.25. The van der Waals surface area contributed by atoms with Gasteiger partial charge in [-0.1, -0.05) is 12.1 Å². The number of pyridine rings is 1. The Labute approximate surface area is 197 Å². The third-order valence-corrected chi connectivity index (χ3v) is 6.59. The fourth-order valence-corrected chi connectivity index (χ4v) is 4.59. The van der Waals surface area contributed by atoms with Crippen LogP contribution in [-0.2, 0) is 0 Å². The maximum absolute atomic E-state index is 9.33. The Hall–Kier alpha value is -4.28. The van der Waals surface area contributed by atoms with E-state index in [0.29, 0.717) is 5.56 Å². The number of hydrogen-bond acceptors (Lipinski definition) is 6. The lowest BCUT2D eigenvalue weighted by molar-refractivity contribution is 0.313. The molecule has 7 nitrogen and oxygen atoms in total. The lowest BCUT2D eigenvalue weighted by atomic mass is 10.0. The van der Waals surface area contributed by atoms with E-state index in [2.05, 4.69) is 57.3 Å². The van der Waals surface area contributed by atoms with Gasteiger partial charge < -0.3 is 9.80 Å². The predicted molar refractivity (Wildman–Crippen MR) is 134 cm³/mol. The topological polar surface area (TPSA) is 73.3 Å². The molecular formula is C27H23N7. The van der Waals surface area contributed by atoms with Gasteiger partial charge in [0.1, 0.15) is 0 Å². The molecule has 1 aliphatic heterocycles. The smallest absolute Gasteiger partial charge is 0.162 e. The first kappa shape index (κ1) is 20.3. The molecule has 0 saturated carbocycles. The van der Waals surface area contributed by atoms with E-state index in [9.17, 15) is 5.26 Å². The molecule has 0 amide bonds. The molecule has 0 N–H and O–H groups in total. The van der Waals surface area contributed by atoms with Gasteiger partial charge in [0.2, 0.25) is 0 Å². The summed E-state index contributed by atoms with van der Waals surface area (Å²) >= 11 is 0. The maximum Gasteiger partial charge on any atom is 0.162 e. The van der Waals surface area contributed by atoms with Crippen LogP contribution in [0.3, 0.4) is 0 Å². The van der Waals surface area contributed by atoms with Crippen LogP contribution in [0.15, 0.2) is 73.3 Å². The Morgan fingerprint density at radius 1 is 0.853 bits per heavy atom. The Morgan fingerprint density at radius 2 is 1.68 bits per heavy atom. The zero-order chi connectivity index (χ0) is 23.1. The summed E-state index contributed by atoms with van der Waals surface area (Å²) in [7, 11) is 2.17. The van der Waals surface area contributed by atoms with Gasteiger partial charge in [0.15, 0.2) is 5.65 Å². The van der Waals surface area contributed by atoms with Crippen molar-refractivity contribution < 1.29 is 0 Å². The first-order chi connectivity index (χ1) is 16.7. The third kappa shape index (κ3) is 3.54. The molecule has 0 aliphatic carbocycles. The quantitative estimate of drug-likeness (QED) is 0.414. The minimum Gasteiger partial charge on any atom is -0.369 e. The van der Waals surface area contributed by atoms with Crippen molar-refractivity contribution in [1.82, 2.24) is 24.5 Å². The van der Waals surface area contributed by atoms with E-state index in [1.807, 2.05) is 41.3 Å². The molecule has 0 spiro atoms. The summed E-state index contributed by atoms with van der Waals surface area (Å²) in [5, 5.41) is 14.8. The number of anilines is 1. The van der Waals surface area contributed by atoms with E-state index in [1.165, 1.54) is 5.69 Å². The summed E-state index contributed by atoms with van der Waals surface area (Å²) in [6, 6.07) is 18.4. The third-order valence-electron chi connectivity index (χ3n) is 6.59. The summed E-state index contributed by atoms with van der Waals surface area (Å²) < 4.78 is 1.82. The normalized spacial score (nSPS) is 14.5. The zero-order valence-electron chi connectivity index (χ0n) is 18.9. The molecule has 7 heteroatoms. The first-order valence-electron chi connectivity index (χ1n) is 11.4. The number of aromatic nitrogens is 4. The molecular weight excluding hydrogens is 422 g/mol. The molecule has 1 aliphatic rings. The molecule has 2 aromatic carbocycles. The number of benzene rings is 2. The molecule has 3 aromatic heterocycles. The van der Waals surface area contributed by atoms with Crippen LogP contribution in [0.4, 0.5) is 5.69 Å². The number of hydrogen-bond donors (Lipinski definition) is 0. The summed E-state index contributed by atoms with van der Waals surface area (Å²) in [6.07, 6.45) is 7.52. The number of nitriles is 1. The Morgan fingerprint density at radius 3 is 2.47 bits per heavy atom. The van der Waals surface area contributed by atoms with E-state index >= 15 is 0 Å². The van der Waals surface area contributed by atoms with Gasteiger partial charge in [-0.3, -0.25) is 4.98 Å². The Bertz CT molecular complexity index is 1540. The van der Waals surface area contributed by atoms with Crippen molar-refractivity contribution in [2.75, 3.05) is 38.1 Å². The summed E-state index contributed by atoms with van der Waals surface area (Å²) in [5.41, 5.74) is 7.48. The minimum atomic E-state index is 0.605. The van der Waals surface area contributed by atoms with E-state index in [0.717, 1.165) is 65.0 Å². The lowest BCUT2D eigenvalue weighted by Gasteiger charge is -2.34. The van der Waals surface area contributed by atoms with Crippen LogP contribution in [0.5, 0.6) is 0 Å². The van der Waals surface area contributed by atoms with Crippen molar-refractivity contribution in [3.63, 3.8) is 0 Å². The van der Waals surface area contributed by atoms with Crippen LogP contribution in [0.2, 0.25) is 0 Å². The van der Waals surface area contributed by atoms with Crippen LogP contribution < -0.4 is 4.90 Å². The number of fused-ring (bicyclic) bond motifs is 2. The zero-order valence-corrected chi connectivity index (χ0v) is 18.9. The van der Waals surface area contributed by atoms with Crippen molar-refractivity contribution >= 4 is 22.2 Å². The van der Waals surface area contributed by atoms with Crippen LogP contribution in [-0.4, -0.2) is 57.7 Å². The molecule has 0 atom stereocenters. The van der Waals surface area contributed by atoms with Gasteiger partial charge in [-0.05, 0) is 54.6 Å². The van der Waals surface area contributed by atoms with E-state index in [1.54, 1.807) is 12.3 Å². The van der Waals surface area contributed by atoms with Crippen LogP contribution in [0, 0.1) is 11.3 Å². The molecule has 0 unspecified atom stereocenters. The molecule has 1 fully saturated rings. The number of rotatable bonds is 3. The van der Waals surface area contributed by atoms with Crippen LogP contribution in [0.1, 0.15) is 5.56 Å². The van der Waals surface area contributed by atoms with Crippen molar-refractivity contribution in [1.29, 1.82) is 5.26 Å². The number of nitrogens with zero attached hydrogens (tertiary/aromatic N) is 7. The predicted octanol–water partition coefficient (Wildman–Crippen LogP) is 4.23. The highest BCUT2D eigenvalue weighted by molar-refractivity contribution is 5.98. The highest BCUT2D eigenvalue weighted by Crippen LogP contribution is 2.31. The van der Waals surface area contributed by atoms with Gasteiger partial charge in [-0.25, -0.2) is 9.50 Å². The number of likely N-dealkylation sites (N-methyl/N-ethyl adjacent to an activating group) is 1. The van der Waals surface area contributed by atoms with Crippen LogP contribution >= 0.6 is 0 Å². The van der Waals surface area contributed by atoms with E-state index in [4.69, 9.17) is 4.98 Å². The molecule has 166 valence electrons. The Balaban J connectivity index is 1.34. The van der Waals surface area contributed by atoms with Gasteiger partial charge in [0.05, 0.1) is 23.3 Å². The molecule has 4 heterocycles. The van der Waals surface area contributed by atoms with Crippen LogP contribution in [0.25, 0.3) is 38.8 Å².